The quantitative estimate of drug-likeness (QED) is 0.474. The fourth-order valence-corrected chi connectivity index (χ4v) is 1.91. The van der Waals surface area contributed by atoms with Crippen LogP contribution >= 0.6 is 0 Å². The maximum absolute atomic E-state index is 8.17. The van der Waals surface area contributed by atoms with Crippen molar-refractivity contribution in [3.8, 4) is 0 Å². The fourth-order valence-electron chi connectivity index (χ4n) is 0.745. The SMILES string of the molecule is C1CC[SiH2]OC1.OCC(O)CO. The van der Waals surface area contributed by atoms with Gasteiger partial charge in [0.25, 0.3) is 0 Å². The molecule has 0 amide bonds. The van der Waals surface area contributed by atoms with Crippen molar-refractivity contribution < 1.29 is 19.7 Å². The lowest BCUT2D eigenvalue weighted by Gasteiger charge is -2.07. The third-order valence-corrected chi connectivity index (χ3v) is 2.86. The standard InChI is InChI=1S/C4H10OSi.C3H8O3/c1-2-4-6-5-3-1;4-1-3(6)2-5/h1-4,6H2;3-6H,1-2H2. The zero-order valence-corrected chi connectivity index (χ0v) is 8.69. The minimum absolute atomic E-state index is 0.00849. The lowest BCUT2D eigenvalue weighted by Crippen LogP contribution is -2.15. The van der Waals surface area contributed by atoms with Gasteiger partial charge in [0.1, 0.15) is 6.10 Å². The third-order valence-electron chi connectivity index (χ3n) is 1.50. The highest BCUT2D eigenvalue weighted by Gasteiger charge is 1.96. The third kappa shape index (κ3) is 8.16. The molecule has 0 unspecified atom stereocenters. The fraction of sp³-hybridized carbons (Fsp3) is 1.00. The molecule has 0 aromatic rings. The van der Waals surface area contributed by atoms with Crippen LogP contribution in [0.15, 0.2) is 0 Å². The molecule has 0 atom stereocenters. The largest absolute Gasteiger partial charge is 0.424 e. The van der Waals surface area contributed by atoms with Gasteiger partial charge >= 0.3 is 0 Å². The van der Waals surface area contributed by atoms with Gasteiger partial charge in [0.2, 0.25) is 0 Å². The van der Waals surface area contributed by atoms with E-state index >= 15 is 0 Å². The summed E-state index contributed by atoms with van der Waals surface area (Å²) >= 11 is 0. The average molecular weight is 194 g/mol. The summed E-state index contributed by atoms with van der Waals surface area (Å²) in [7, 11) is 0.00849. The van der Waals surface area contributed by atoms with Gasteiger partial charge in [0.05, 0.1) is 13.2 Å². The van der Waals surface area contributed by atoms with E-state index in [0.717, 1.165) is 6.61 Å². The van der Waals surface area contributed by atoms with Crippen LogP contribution in [0.1, 0.15) is 12.8 Å². The molecule has 12 heavy (non-hydrogen) atoms. The van der Waals surface area contributed by atoms with E-state index in [9.17, 15) is 0 Å². The molecule has 5 heteroatoms. The minimum Gasteiger partial charge on any atom is -0.424 e. The summed E-state index contributed by atoms with van der Waals surface area (Å²) in [6.45, 7) is 0.333. The van der Waals surface area contributed by atoms with Crippen LogP contribution in [0.25, 0.3) is 0 Å². The van der Waals surface area contributed by atoms with Crippen molar-refractivity contribution in [2.45, 2.75) is 25.0 Å². The molecule has 1 heterocycles. The molecule has 1 aliphatic heterocycles. The van der Waals surface area contributed by atoms with Crippen LogP contribution < -0.4 is 0 Å². The molecule has 1 rings (SSSR count). The molecule has 1 saturated heterocycles. The van der Waals surface area contributed by atoms with E-state index in [4.69, 9.17) is 19.7 Å². The Morgan fingerprint density at radius 1 is 1.25 bits per heavy atom. The topological polar surface area (TPSA) is 69.9 Å². The lowest BCUT2D eigenvalue weighted by molar-refractivity contribution is 0.0450. The predicted octanol–water partition coefficient (Wildman–Crippen LogP) is -1.37. The normalized spacial score (nSPS) is 19.0. The second-order valence-corrected chi connectivity index (χ2v) is 4.22. The van der Waals surface area contributed by atoms with E-state index in [-0.39, 0.29) is 23.0 Å². The molecule has 74 valence electrons. The first-order valence-electron chi connectivity index (χ1n) is 4.28. The van der Waals surface area contributed by atoms with Crippen molar-refractivity contribution in [3.05, 3.63) is 0 Å². The van der Waals surface area contributed by atoms with Gasteiger partial charge in [-0.15, -0.1) is 0 Å². The van der Waals surface area contributed by atoms with Crippen LogP contribution in [0.3, 0.4) is 0 Å². The number of hydrogen-bond donors (Lipinski definition) is 3. The second kappa shape index (κ2) is 9.15. The van der Waals surface area contributed by atoms with Crippen molar-refractivity contribution in [2.75, 3.05) is 19.8 Å². The molecule has 1 fully saturated rings. The lowest BCUT2D eigenvalue weighted by atomic mass is 10.4. The average Bonchev–Trinajstić information content (AvgIpc) is 2.20. The van der Waals surface area contributed by atoms with Crippen molar-refractivity contribution in [3.63, 3.8) is 0 Å². The molecule has 4 nitrogen and oxygen atoms in total. The summed E-state index contributed by atoms with van der Waals surface area (Å²) in [5, 5.41) is 24.0. The van der Waals surface area contributed by atoms with E-state index in [1.807, 2.05) is 0 Å². The number of hydrogen-bond acceptors (Lipinski definition) is 4. The van der Waals surface area contributed by atoms with Crippen molar-refractivity contribution in [2.24, 2.45) is 0 Å². The maximum Gasteiger partial charge on any atom is 0.161 e. The zero-order chi connectivity index (χ0) is 9.23. The predicted molar refractivity (Wildman–Crippen MR) is 48.7 cm³/mol. The molecular weight excluding hydrogens is 176 g/mol. The summed E-state index contributed by atoms with van der Waals surface area (Å²) < 4.78 is 5.21. The van der Waals surface area contributed by atoms with E-state index in [1.165, 1.54) is 18.9 Å². The van der Waals surface area contributed by atoms with Crippen LogP contribution in [0.2, 0.25) is 6.04 Å². The van der Waals surface area contributed by atoms with Gasteiger partial charge < -0.3 is 19.7 Å². The molecular formula is C7H18O4Si. The first-order valence-corrected chi connectivity index (χ1v) is 5.86. The van der Waals surface area contributed by atoms with Crippen LogP contribution in [-0.2, 0) is 4.43 Å². The smallest absolute Gasteiger partial charge is 0.161 e. The van der Waals surface area contributed by atoms with Gasteiger partial charge in [-0.1, -0.05) is 6.42 Å². The summed E-state index contributed by atoms with van der Waals surface area (Å²) in [6.07, 6.45) is 1.80. The second-order valence-electron chi connectivity index (χ2n) is 2.69. The van der Waals surface area contributed by atoms with Gasteiger partial charge in [-0.05, 0) is 12.5 Å². The summed E-state index contributed by atoms with van der Waals surface area (Å²) in [5.74, 6) is 0. The Hall–Kier alpha value is 0.0569. The molecule has 3 N–H and O–H groups in total. The van der Waals surface area contributed by atoms with E-state index in [0.29, 0.717) is 0 Å². The molecule has 0 aromatic carbocycles. The highest BCUT2D eigenvalue weighted by Crippen LogP contribution is 2.01. The molecule has 0 bridgehead atoms. The van der Waals surface area contributed by atoms with Crippen molar-refractivity contribution in [1.29, 1.82) is 0 Å². The first-order chi connectivity index (χ1) is 5.81. The summed E-state index contributed by atoms with van der Waals surface area (Å²) in [5.41, 5.74) is 0. The highest BCUT2D eigenvalue weighted by atomic mass is 28.2. The molecule has 0 saturated carbocycles. The first kappa shape index (κ1) is 12.1. The summed E-state index contributed by atoms with van der Waals surface area (Å²) in [4.78, 5) is 0. The Morgan fingerprint density at radius 2 is 1.92 bits per heavy atom. The van der Waals surface area contributed by atoms with Crippen LogP contribution in [0.4, 0.5) is 0 Å². The van der Waals surface area contributed by atoms with Crippen LogP contribution in [0, 0.1) is 0 Å². The zero-order valence-electron chi connectivity index (χ0n) is 7.28. The molecule has 0 aliphatic carbocycles. The summed E-state index contributed by atoms with van der Waals surface area (Å²) in [6, 6.07) is 1.42. The monoisotopic (exact) mass is 194 g/mol. The van der Waals surface area contributed by atoms with Gasteiger partial charge in [-0.25, -0.2) is 0 Å². The highest BCUT2D eigenvalue weighted by molar-refractivity contribution is 6.27. The van der Waals surface area contributed by atoms with Gasteiger partial charge in [-0.2, -0.15) is 0 Å². The molecule has 1 aliphatic rings. The Kier molecular flexibility index (Phi) is 9.19. The minimum atomic E-state index is -0.954. The van der Waals surface area contributed by atoms with Gasteiger partial charge in [-0.3, -0.25) is 0 Å². The van der Waals surface area contributed by atoms with E-state index in [1.54, 1.807) is 0 Å². The number of aliphatic hydroxyl groups is 3. The van der Waals surface area contributed by atoms with Crippen LogP contribution in [0.5, 0.6) is 0 Å². The molecule has 0 radical (unpaired) electrons. The molecule has 0 spiro atoms. The Morgan fingerprint density at radius 3 is 2.00 bits per heavy atom. The van der Waals surface area contributed by atoms with Gasteiger partial charge in [0, 0.05) is 6.61 Å². The van der Waals surface area contributed by atoms with E-state index in [2.05, 4.69) is 0 Å². The Bertz CT molecular complexity index is 72.0. The number of rotatable bonds is 2. The Balaban J connectivity index is 0.000000202. The van der Waals surface area contributed by atoms with Crippen LogP contribution in [-0.4, -0.2) is 51.0 Å². The Labute approximate surface area is 75.1 Å². The van der Waals surface area contributed by atoms with Crippen molar-refractivity contribution >= 4 is 9.76 Å². The van der Waals surface area contributed by atoms with Gasteiger partial charge in [0.15, 0.2) is 9.76 Å². The number of aliphatic hydroxyl groups excluding tert-OH is 3. The maximum atomic E-state index is 8.17. The van der Waals surface area contributed by atoms with Crippen molar-refractivity contribution in [1.82, 2.24) is 0 Å². The van der Waals surface area contributed by atoms with E-state index < -0.39 is 6.10 Å². The molecule has 0 aromatic heterocycles.